The summed E-state index contributed by atoms with van der Waals surface area (Å²) in [6, 6.07) is 6.96. The molecule has 0 fully saturated rings. The standard InChI is InChI=1S/C15H11F3O2/c16-8-1-3-10(12(18)5-8)15-7-13(19)11-4-2-9(17)6-14(11)20-15/h1-6,13,15,19H,7H2/t13-,15?/m1/s1. The van der Waals surface area contributed by atoms with Gasteiger partial charge in [-0.15, -0.1) is 0 Å². The second-order valence-corrected chi connectivity index (χ2v) is 4.71. The topological polar surface area (TPSA) is 29.5 Å². The lowest BCUT2D eigenvalue weighted by Crippen LogP contribution is -2.20. The number of fused-ring (bicyclic) bond motifs is 1. The summed E-state index contributed by atoms with van der Waals surface area (Å²) in [5.74, 6) is -1.76. The number of hydrogen-bond donors (Lipinski definition) is 1. The molecule has 1 N–H and O–H groups in total. The quantitative estimate of drug-likeness (QED) is 0.863. The number of halogens is 3. The van der Waals surface area contributed by atoms with Crippen LogP contribution in [0.25, 0.3) is 0 Å². The van der Waals surface area contributed by atoms with Gasteiger partial charge in [0.15, 0.2) is 0 Å². The van der Waals surface area contributed by atoms with Crippen molar-refractivity contribution in [2.75, 3.05) is 0 Å². The van der Waals surface area contributed by atoms with E-state index in [2.05, 4.69) is 0 Å². The number of rotatable bonds is 1. The first-order valence-electron chi connectivity index (χ1n) is 6.13. The molecule has 0 aliphatic carbocycles. The summed E-state index contributed by atoms with van der Waals surface area (Å²) in [6.45, 7) is 0. The summed E-state index contributed by atoms with van der Waals surface area (Å²) in [5.41, 5.74) is 0.602. The van der Waals surface area contributed by atoms with Crippen LogP contribution < -0.4 is 4.74 Å². The molecule has 1 aliphatic heterocycles. The maximum absolute atomic E-state index is 13.7. The Kier molecular flexibility index (Phi) is 3.14. The zero-order chi connectivity index (χ0) is 14.3. The Morgan fingerprint density at radius 1 is 0.950 bits per heavy atom. The van der Waals surface area contributed by atoms with E-state index in [1.165, 1.54) is 18.2 Å². The molecule has 20 heavy (non-hydrogen) atoms. The number of ether oxygens (including phenoxy) is 1. The molecule has 104 valence electrons. The third kappa shape index (κ3) is 2.25. The highest BCUT2D eigenvalue weighted by Gasteiger charge is 2.30. The van der Waals surface area contributed by atoms with Crippen molar-refractivity contribution < 1.29 is 23.0 Å². The van der Waals surface area contributed by atoms with Gasteiger partial charge < -0.3 is 9.84 Å². The third-order valence-electron chi connectivity index (χ3n) is 3.35. The molecule has 0 aromatic heterocycles. The fourth-order valence-corrected chi connectivity index (χ4v) is 2.37. The minimum Gasteiger partial charge on any atom is -0.485 e. The zero-order valence-electron chi connectivity index (χ0n) is 10.3. The van der Waals surface area contributed by atoms with Crippen molar-refractivity contribution in [2.45, 2.75) is 18.6 Å². The summed E-state index contributed by atoms with van der Waals surface area (Å²) < 4.78 is 45.4. The lowest BCUT2D eigenvalue weighted by atomic mass is 9.94. The van der Waals surface area contributed by atoms with Crippen LogP contribution in [0.15, 0.2) is 36.4 Å². The molecule has 2 aromatic rings. The third-order valence-corrected chi connectivity index (χ3v) is 3.35. The van der Waals surface area contributed by atoms with Crippen molar-refractivity contribution in [1.82, 2.24) is 0 Å². The van der Waals surface area contributed by atoms with Gasteiger partial charge in [-0.2, -0.15) is 0 Å². The van der Waals surface area contributed by atoms with Crippen molar-refractivity contribution in [3.63, 3.8) is 0 Å². The van der Waals surface area contributed by atoms with E-state index in [4.69, 9.17) is 4.74 Å². The van der Waals surface area contributed by atoms with Gasteiger partial charge in [0.1, 0.15) is 29.3 Å². The van der Waals surface area contributed by atoms with Gasteiger partial charge in [-0.25, -0.2) is 13.2 Å². The number of aliphatic hydroxyl groups is 1. The average Bonchev–Trinajstić information content (AvgIpc) is 2.37. The number of hydrogen-bond acceptors (Lipinski definition) is 2. The first-order valence-corrected chi connectivity index (χ1v) is 6.13. The smallest absolute Gasteiger partial charge is 0.133 e. The first kappa shape index (κ1) is 13.0. The van der Waals surface area contributed by atoms with E-state index in [0.717, 1.165) is 18.2 Å². The van der Waals surface area contributed by atoms with Crippen molar-refractivity contribution in [1.29, 1.82) is 0 Å². The van der Waals surface area contributed by atoms with Crippen molar-refractivity contribution in [2.24, 2.45) is 0 Å². The van der Waals surface area contributed by atoms with Crippen LogP contribution in [0.2, 0.25) is 0 Å². The van der Waals surface area contributed by atoms with Gasteiger partial charge in [0.05, 0.1) is 6.10 Å². The summed E-state index contributed by atoms with van der Waals surface area (Å²) >= 11 is 0. The molecular formula is C15H11F3O2. The highest BCUT2D eigenvalue weighted by Crippen LogP contribution is 2.41. The molecule has 0 radical (unpaired) electrons. The molecule has 5 heteroatoms. The predicted octanol–water partition coefficient (Wildman–Crippen LogP) is 3.66. The zero-order valence-corrected chi connectivity index (χ0v) is 10.3. The minimum atomic E-state index is -0.881. The lowest BCUT2D eigenvalue weighted by Gasteiger charge is -2.30. The molecule has 0 amide bonds. The van der Waals surface area contributed by atoms with E-state index < -0.39 is 29.7 Å². The van der Waals surface area contributed by atoms with Gasteiger partial charge in [0.25, 0.3) is 0 Å². The summed E-state index contributed by atoms with van der Waals surface area (Å²) in [5, 5.41) is 10.0. The molecule has 0 bridgehead atoms. The first-order chi connectivity index (χ1) is 9.54. The Labute approximate surface area is 113 Å². The summed E-state index contributed by atoms with van der Waals surface area (Å²) in [4.78, 5) is 0. The molecular weight excluding hydrogens is 269 g/mol. The van der Waals surface area contributed by atoms with E-state index in [1.54, 1.807) is 0 Å². The van der Waals surface area contributed by atoms with Crippen LogP contribution in [-0.2, 0) is 0 Å². The van der Waals surface area contributed by atoms with E-state index in [9.17, 15) is 18.3 Å². The van der Waals surface area contributed by atoms with Gasteiger partial charge in [-0.1, -0.05) is 0 Å². The number of aliphatic hydroxyl groups excluding tert-OH is 1. The molecule has 2 aromatic carbocycles. The van der Waals surface area contributed by atoms with Gasteiger partial charge in [-0.3, -0.25) is 0 Å². The molecule has 0 spiro atoms. The molecule has 1 aliphatic rings. The van der Waals surface area contributed by atoms with Gasteiger partial charge in [-0.05, 0) is 24.3 Å². The largest absolute Gasteiger partial charge is 0.485 e. The molecule has 2 atom stereocenters. The second kappa shape index (κ2) is 4.83. The normalized spacial score (nSPS) is 21.2. The average molecular weight is 280 g/mol. The Morgan fingerprint density at radius 2 is 1.60 bits per heavy atom. The van der Waals surface area contributed by atoms with E-state index >= 15 is 0 Å². The van der Waals surface area contributed by atoms with Crippen molar-refractivity contribution >= 4 is 0 Å². The highest BCUT2D eigenvalue weighted by atomic mass is 19.1. The second-order valence-electron chi connectivity index (χ2n) is 4.71. The van der Waals surface area contributed by atoms with Crippen molar-refractivity contribution in [3.05, 3.63) is 65.0 Å². The highest BCUT2D eigenvalue weighted by molar-refractivity contribution is 5.39. The molecule has 3 rings (SSSR count). The predicted molar refractivity (Wildman–Crippen MR) is 65.7 cm³/mol. The van der Waals surface area contributed by atoms with Gasteiger partial charge in [0, 0.05) is 29.7 Å². The van der Waals surface area contributed by atoms with Crippen LogP contribution in [0, 0.1) is 17.5 Å². The fourth-order valence-electron chi connectivity index (χ4n) is 2.37. The van der Waals surface area contributed by atoms with Crippen LogP contribution in [0.4, 0.5) is 13.2 Å². The molecule has 1 unspecified atom stereocenters. The Hall–Kier alpha value is -2.01. The molecule has 0 saturated carbocycles. The number of benzene rings is 2. The molecule has 2 nitrogen and oxygen atoms in total. The van der Waals surface area contributed by atoms with E-state index in [1.807, 2.05) is 0 Å². The fraction of sp³-hybridized carbons (Fsp3) is 0.200. The SMILES string of the molecule is O[C@@H]1CC(c2ccc(F)cc2F)Oc2cc(F)ccc21. The maximum atomic E-state index is 13.7. The van der Waals surface area contributed by atoms with Gasteiger partial charge in [0.2, 0.25) is 0 Å². The molecule has 0 saturated heterocycles. The van der Waals surface area contributed by atoms with Gasteiger partial charge >= 0.3 is 0 Å². The summed E-state index contributed by atoms with van der Waals surface area (Å²) in [7, 11) is 0. The summed E-state index contributed by atoms with van der Waals surface area (Å²) in [6.07, 6.45) is -1.53. The Bertz CT molecular complexity index is 658. The maximum Gasteiger partial charge on any atom is 0.133 e. The van der Waals surface area contributed by atoms with Crippen LogP contribution in [-0.4, -0.2) is 5.11 Å². The lowest BCUT2D eigenvalue weighted by molar-refractivity contribution is 0.0636. The monoisotopic (exact) mass is 280 g/mol. The van der Waals surface area contributed by atoms with Crippen LogP contribution in [0.3, 0.4) is 0 Å². The van der Waals surface area contributed by atoms with Crippen molar-refractivity contribution in [3.8, 4) is 5.75 Å². The molecule has 1 heterocycles. The van der Waals surface area contributed by atoms with Crippen LogP contribution >= 0.6 is 0 Å². The van der Waals surface area contributed by atoms with E-state index in [0.29, 0.717) is 5.56 Å². The Morgan fingerprint density at radius 3 is 2.30 bits per heavy atom. The van der Waals surface area contributed by atoms with E-state index in [-0.39, 0.29) is 17.7 Å². The van der Waals surface area contributed by atoms with Crippen LogP contribution in [0.1, 0.15) is 29.8 Å². The van der Waals surface area contributed by atoms with Crippen LogP contribution in [0.5, 0.6) is 5.75 Å². The minimum absolute atomic E-state index is 0.126. The Balaban J connectivity index is 1.98.